The maximum atomic E-state index is 13.6. The number of aromatic nitrogens is 2. The summed E-state index contributed by atoms with van der Waals surface area (Å²) < 4.78 is 1.67. The van der Waals surface area contributed by atoms with Gasteiger partial charge in [-0.15, -0.1) is 11.3 Å². The van der Waals surface area contributed by atoms with E-state index in [0.717, 1.165) is 24.1 Å². The van der Waals surface area contributed by atoms with Crippen LogP contribution in [-0.4, -0.2) is 26.9 Å². The molecule has 1 atom stereocenters. The molecule has 32 heavy (non-hydrogen) atoms. The van der Waals surface area contributed by atoms with E-state index in [2.05, 4.69) is 6.92 Å². The normalized spacial score (nSPS) is 12.1. The first-order chi connectivity index (χ1) is 15.5. The summed E-state index contributed by atoms with van der Waals surface area (Å²) in [6, 6.07) is 18.6. The zero-order chi connectivity index (χ0) is 22.7. The van der Waals surface area contributed by atoms with Gasteiger partial charge in [-0.25, -0.2) is 4.98 Å². The lowest BCUT2D eigenvalue weighted by molar-refractivity contribution is 0.0683. The molecule has 0 aliphatic rings. The molecular weight excluding hydrogens is 418 g/mol. The highest BCUT2D eigenvalue weighted by Crippen LogP contribution is 2.26. The predicted octanol–water partition coefficient (Wildman–Crippen LogP) is 5.76. The minimum absolute atomic E-state index is 0.0286. The van der Waals surface area contributed by atoms with Gasteiger partial charge in [0.15, 0.2) is 0 Å². The maximum Gasteiger partial charge on any atom is 0.266 e. The molecule has 5 nitrogen and oxygen atoms in total. The summed E-state index contributed by atoms with van der Waals surface area (Å²) in [6.07, 6.45) is 1.85. The largest absolute Gasteiger partial charge is 0.328 e. The molecule has 0 spiro atoms. The van der Waals surface area contributed by atoms with E-state index in [1.807, 2.05) is 78.7 Å². The van der Waals surface area contributed by atoms with Crippen molar-refractivity contribution in [3.05, 3.63) is 92.7 Å². The summed E-state index contributed by atoms with van der Waals surface area (Å²) >= 11 is 1.43. The number of hydrogen-bond acceptors (Lipinski definition) is 4. The topological polar surface area (TPSA) is 55.2 Å². The van der Waals surface area contributed by atoms with Gasteiger partial charge in [0.1, 0.15) is 5.82 Å². The number of nitrogens with zero attached hydrogens (tertiary/aromatic N) is 3. The van der Waals surface area contributed by atoms with Gasteiger partial charge < -0.3 is 4.90 Å². The number of rotatable bonds is 7. The van der Waals surface area contributed by atoms with Crippen molar-refractivity contribution >= 4 is 28.1 Å². The average molecular weight is 446 g/mol. The van der Waals surface area contributed by atoms with Crippen LogP contribution in [-0.2, 0) is 0 Å². The summed E-state index contributed by atoms with van der Waals surface area (Å²) in [5, 5.41) is 2.47. The molecule has 6 heteroatoms. The number of benzene rings is 2. The highest BCUT2D eigenvalue weighted by Gasteiger charge is 2.27. The number of unbranched alkanes of at least 4 members (excludes halogenated alkanes) is 1. The molecule has 164 valence electrons. The molecule has 4 rings (SSSR count). The lowest BCUT2D eigenvalue weighted by atomic mass is 10.1. The third-order valence-corrected chi connectivity index (χ3v) is 6.51. The Morgan fingerprint density at radius 1 is 1.12 bits per heavy atom. The van der Waals surface area contributed by atoms with Crippen LogP contribution in [0.1, 0.15) is 53.8 Å². The van der Waals surface area contributed by atoms with Crippen LogP contribution in [0.2, 0.25) is 0 Å². The van der Waals surface area contributed by atoms with E-state index in [4.69, 9.17) is 4.98 Å². The van der Waals surface area contributed by atoms with Crippen molar-refractivity contribution in [2.24, 2.45) is 0 Å². The molecule has 0 saturated carbocycles. The van der Waals surface area contributed by atoms with Crippen LogP contribution in [0, 0.1) is 6.92 Å². The molecule has 0 bridgehead atoms. The summed E-state index contributed by atoms with van der Waals surface area (Å²) in [7, 11) is 0. The minimum atomic E-state index is -0.381. The van der Waals surface area contributed by atoms with Gasteiger partial charge in [0, 0.05) is 6.54 Å². The highest BCUT2D eigenvalue weighted by molar-refractivity contribution is 7.12. The predicted molar refractivity (Wildman–Crippen MR) is 131 cm³/mol. The molecule has 1 amide bonds. The van der Waals surface area contributed by atoms with E-state index in [1.165, 1.54) is 11.3 Å². The Morgan fingerprint density at radius 3 is 2.66 bits per heavy atom. The Balaban J connectivity index is 1.91. The summed E-state index contributed by atoms with van der Waals surface area (Å²) in [6.45, 7) is 6.67. The fraction of sp³-hybridized carbons (Fsp3) is 0.269. The third-order valence-electron chi connectivity index (χ3n) is 5.65. The number of fused-ring (bicyclic) bond motifs is 1. The van der Waals surface area contributed by atoms with E-state index in [-0.39, 0.29) is 17.5 Å². The third kappa shape index (κ3) is 4.23. The van der Waals surface area contributed by atoms with Crippen molar-refractivity contribution in [2.75, 3.05) is 6.54 Å². The van der Waals surface area contributed by atoms with Gasteiger partial charge in [-0.05, 0) is 61.5 Å². The standard InChI is InChI=1S/C26H27N3O2S/c1-4-5-15-28(26(31)23-14-9-16-32-23)19(3)24-27-22-13-7-6-12-21(22)25(30)29(24)20-11-8-10-18(2)17-20/h6-14,16-17,19H,4-5,15H2,1-3H3. The van der Waals surface area contributed by atoms with Gasteiger partial charge in [0.05, 0.1) is 27.5 Å². The van der Waals surface area contributed by atoms with Crippen LogP contribution in [0.5, 0.6) is 0 Å². The van der Waals surface area contributed by atoms with Gasteiger partial charge >= 0.3 is 0 Å². The van der Waals surface area contributed by atoms with E-state index < -0.39 is 0 Å². The monoisotopic (exact) mass is 445 g/mol. The molecule has 0 fully saturated rings. The van der Waals surface area contributed by atoms with E-state index in [9.17, 15) is 9.59 Å². The summed E-state index contributed by atoms with van der Waals surface area (Å²) in [5.74, 6) is 0.541. The van der Waals surface area contributed by atoms with Crippen molar-refractivity contribution in [1.82, 2.24) is 14.5 Å². The fourth-order valence-corrected chi connectivity index (χ4v) is 4.61. The van der Waals surface area contributed by atoms with Crippen molar-refractivity contribution in [2.45, 2.75) is 39.7 Å². The SMILES string of the molecule is CCCCN(C(=O)c1cccs1)C(C)c1nc2ccccc2c(=O)n1-c1cccc(C)c1. The maximum absolute atomic E-state index is 13.6. The first kappa shape index (κ1) is 22.0. The average Bonchev–Trinajstić information content (AvgIpc) is 3.34. The highest BCUT2D eigenvalue weighted by atomic mass is 32.1. The van der Waals surface area contributed by atoms with Crippen LogP contribution in [0.15, 0.2) is 70.8 Å². The van der Waals surface area contributed by atoms with Crippen LogP contribution >= 0.6 is 11.3 Å². The molecule has 4 aromatic rings. The molecule has 2 aromatic carbocycles. The number of aryl methyl sites for hydroxylation is 1. The van der Waals surface area contributed by atoms with E-state index in [1.54, 1.807) is 10.6 Å². The number of carbonyl (C=O) groups is 1. The lowest BCUT2D eigenvalue weighted by Gasteiger charge is -2.30. The fourth-order valence-electron chi connectivity index (χ4n) is 3.93. The molecular formula is C26H27N3O2S. The number of hydrogen-bond donors (Lipinski definition) is 0. The van der Waals surface area contributed by atoms with Crippen LogP contribution in [0.3, 0.4) is 0 Å². The number of para-hydroxylation sites is 1. The molecule has 0 N–H and O–H groups in total. The quantitative estimate of drug-likeness (QED) is 0.363. The van der Waals surface area contributed by atoms with Crippen LogP contribution in [0.25, 0.3) is 16.6 Å². The van der Waals surface area contributed by atoms with Gasteiger partial charge in [-0.2, -0.15) is 0 Å². The van der Waals surface area contributed by atoms with E-state index >= 15 is 0 Å². The number of thiophene rings is 1. The van der Waals surface area contributed by atoms with E-state index in [0.29, 0.717) is 28.1 Å². The molecule has 0 saturated heterocycles. The zero-order valence-corrected chi connectivity index (χ0v) is 19.4. The number of carbonyl (C=O) groups excluding carboxylic acids is 1. The van der Waals surface area contributed by atoms with Gasteiger partial charge in [-0.1, -0.05) is 43.7 Å². The molecule has 0 radical (unpaired) electrons. The Morgan fingerprint density at radius 2 is 1.94 bits per heavy atom. The number of amides is 1. The van der Waals surface area contributed by atoms with Crippen molar-refractivity contribution in [1.29, 1.82) is 0 Å². The summed E-state index contributed by atoms with van der Waals surface area (Å²) in [4.78, 5) is 34.5. The van der Waals surface area contributed by atoms with Gasteiger partial charge in [-0.3, -0.25) is 14.2 Å². The second-order valence-electron chi connectivity index (χ2n) is 7.97. The lowest BCUT2D eigenvalue weighted by Crippen LogP contribution is -2.37. The molecule has 2 aromatic heterocycles. The smallest absolute Gasteiger partial charge is 0.266 e. The first-order valence-corrected chi connectivity index (χ1v) is 11.8. The second-order valence-corrected chi connectivity index (χ2v) is 8.92. The second kappa shape index (κ2) is 9.49. The van der Waals surface area contributed by atoms with Crippen LogP contribution in [0.4, 0.5) is 0 Å². The first-order valence-electron chi connectivity index (χ1n) is 10.9. The molecule has 0 aliphatic carbocycles. The molecule has 1 unspecified atom stereocenters. The van der Waals surface area contributed by atoms with Crippen molar-refractivity contribution < 1.29 is 4.79 Å². The van der Waals surface area contributed by atoms with Crippen molar-refractivity contribution in [3.63, 3.8) is 0 Å². The Labute approximate surface area is 192 Å². The Bertz CT molecular complexity index is 1290. The molecule has 2 heterocycles. The van der Waals surface area contributed by atoms with Crippen molar-refractivity contribution in [3.8, 4) is 5.69 Å². The Kier molecular flexibility index (Phi) is 6.51. The van der Waals surface area contributed by atoms with Crippen LogP contribution < -0.4 is 5.56 Å². The Hall–Kier alpha value is -3.25. The molecule has 0 aliphatic heterocycles. The summed E-state index contributed by atoms with van der Waals surface area (Å²) in [5.41, 5.74) is 2.33. The van der Waals surface area contributed by atoms with Gasteiger partial charge in [0.2, 0.25) is 0 Å². The zero-order valence-electron chi connectivity index (χ0n) is 18.6. The minimum Gasteiger partial charge on any atom is -0.328 e. The van der Waals surface area contributed by atoms with Gasteiger partial charge in [0.25, 0.3) is 11.5 Å².